The van der Waals surface area contributed by atoms with Crippen LogP contribution in [0.3, 0.4) is 0 Å². The van der Waals surface area contributed by atoms with Crippen LogP contribution >= 0.6 is 23.1 Å². The highest BCUT2D eigenvalue weighted by Gasteiger charge is 2.54. The van der Waals surface area contributed by atoms with E-state index in [0.717, 1.165) is 60.1 Å². The highest BCUT2D eigenvalue weighted by atomic mass is 32.2. The molecule has 2 aromatic heterocycles. The van der Waals surface area contributed by atoms with Crippen molar-refractivity contribution >= 4 is 29.0 Å². The summed E-state index contributed by atoms with van der Waals surface area (Å²) in [6.45, 7) is 8.30. The summed E-state index contributed by atoms with van der Waals surface area (Å²) in [5, 5.41) is 12.7. The molecule has 32 heavy (non-hydrogen) atoms. The fourth-order valence-corrected chi connectivity index (χ4v) is 8.67. The summed E-state index contributed by atoms with van der Waals surface area (Å²) in [4.78, 5) is 25.9. The SMILES string of the molecule is C[C@H](C(=O)N1CCSCC1)[C@@H]1CC[C@]2(C)Cc3sc(-c4cccnc4)nc3[C@H](C)[C@@H]2[C@H]1O. The molecule has 0 bridgehead atoms. The molecule has 1 saturated carbocycles. The molecule has 6 atom stereocenters. The Balaban J connectivity index is 1.40. The summed E-state index contributed by atoms with van der Waals surface area (Å²) < 4.78 is 0. The number of hydrogen-bond donors (Lipinski definition) is 1. The van der Waals surface area contributed by atoms with Crippen LogP contribution in [0.4, 0.5) is 0 Å². The maximum atomic E-state index is 13.2. The van der Waals surface area contributed by atoms with Gasteiger partial charge in [0.2, 0.25) is 5.91 Å². The summed E-state index contributed by atoms with van der Waals surface area (Å²) in [7, 11) is 0. The van der Waals surface area contributed by atoms with Crippen molar-refractivity contribution < 1.29 is 9.90 Å². The maximum absolute atomic E-state index is 13.2. The van der Waals surface area contributed by atoms with E-state index in [1.807, 2.05) is 35.8 Å². The van der Waals surface area contributed by atoms with Gasteiger partial charge in [-0.15, -0.1) is 11.3 Å². The normalized spacial score (nSPS) is 33.3. The van der Waals surface area contributed by atoms with Gasteiger partial charge in [0.25, 0.3) is 0 Å². The molecule has 5 nitrogen and oxygen atoms in total. The van der Waals surface area contributed by atoms with Crippen LogP contribution in [0.2, 0.25) is 0 Å². The second-order valence-electron chi connectivity index (χ2n) is 10.1. The topological polar surface area (TPSA) is 66.3 Å². The highest BCUT2D eigenvalue weighted by Crippen LogP contribution is 2.57. The lowest BCUT2D eigenvalue weighted by atomic mass is 9.53. The molecule has 0 unspecified atom stereocenters. The zero-order chi connectivity index (χ0) is 22.5. The number of hydrogen-bond acceptors (Lipinski definition) is 6. The summed E-state index contributed by atoms with van der Waals surface area (Å²) in [6, 6.07) is 4.02. The molecule has 0 aromatic carbocycles. The molecule has 3 aliphatic rings. The number of rotatable bonds is 3. The fourth-order valence-electron chi connectivity index (χ4n) is 6.41. The van der Waals surface area contributed by atoms with Gasteiger partial charge >= 0.3 is 0 Å². The van der Waals surface area contributed by atoms with Crippen molar-refractivity contribution in [2.75, 3.05) is 24.6 Å². The molecule has 172 valence electrons. The van der Waals surface area contributed by atoms with E-state index in [4.69, 9.17) is 4.98 Å². The van der Waals surface area contributed by atoms with Crippen LogP contribution in [0, 0.1) is 23.2 Å². The van der Waals surface area contributed by atoms with Crippen LogP contribution in [0.25, 0.3) is 10.6 Å². The van der Waals surface area contributed by atoms with Gasteiger partial charge in [0.1, 0.15) is 5.01 Å². The number of thioether (sulfide) groups is 1. The fraction of sp³-hybridized carbons (Fsp3) is 0.640. The zero-order valence-electron chi connectivity index (χ0n) is 19.2. The summed E-state index contributed by atoms with van der Waals surface area (Å²) in [5.74, 6) is 2.48. The molecule has 2 fully saturated rings. The van der Waals surface area contributed by atoms with Gasteiger partial charge in [-0.25, -0.2) is 4.98 Å². The van der Waals surface area contributed by atoms with Gasteiger partial charge in [-0.05, 0) is 48.6 Å². The Morgan fingerprint density at radius 1 is 1.34 bits per heavy atom. The van der Waals surface area contributed by atoms with E-state index < -0.39 is 6.10 Å². The van der Waals surface area contributed by atoms with Crippen LogP contribution in [0.5, 0.6) is 0 Å². The van der Waals surface area contributed by atoms with Gasteiger partial charge in [0.05, 0.1) is 11.8 Å². The van der Waals surface area contributed by atoms with E-state index in [0.29, 0.717) is 0 Å². The van der Waals surface area contributed by atoms with Gasteiger partial charge in [-0.1, -0.05) is 20.8 Å². The van der Waals surface area contributed by atoms with E-state index in [-0.39, 0.29) is 35.0 Å². The van der Waals surface area contributed by atoms with E-state index in [1.54, 1.807) is 17.5 Å². The molecular weight excluding hydrogens is 438 g/mol. The standard InChI is InChI=1S/C25H33N3O2S2/c1-15(24(30)28-9-11-31-12-10-28)18-6-7-25(3)13-19-21(16(2)20(25)22(18)29)27-23(32-19)17-5-4-8-26-14-17/h4-5,8,14-16,18,20,22,29H,6-7,9-13H2,1-3H3/t15-,16+,18-,20+,22-,25+/m0/s1. The van der Waals surface area contributed by atoms with Crippen LogP contribution in [-0.4, -0.2) is 56.6 Å². The molecule has 5 rings (SSSR count). The molecule has 1 N–H and O–H groups in total. The Bertz CT molecular complexity index is 975. The number of nitrogens with zero attached hydrogens (tertiary/aromatic N) is 3. The second-order valence-corrected chi connectivity index (χ2v) is 12.4. The van der Waals surface area contributed by atoms with Crippen LogP contribution in [0.1, 0.15) is 50.1 Å². The second kappa shape index (κ2) is 8.73. The maximum Gasteiger partial charge on any atom is 0.225 e. The minimum absolute atomic E-state index is 0.0237. The van der Waals surface area contributed by atoms with Crippen molar-refractivity contribution in [1.29, 1.82) is 0 Å². The third-order valence-electron chi connectivity index (χ3n) is 8.19. The Labute approximate surface area is 199 Å². The number of carbonyl (C=O) groups excluding carboxylic acids is 1. The number of aliphatic hydroxyl groups is 1. The number of thiazole rings is 1. The first-order chi connectivity index (χ1) is 15.4. The number of fused-ring (bicyclic) bond motifs is 2. The molecule has 2 aromatic rings. The first-order valence-electron chi connectivity index (χ1n) is 11.8. The van der Waals surface area contributed by atoms with Gasteiger partial charge in [0.15, 0.2) is 0 Å². The zero-order valence-corrected chi connectivity index (χ0v) is 20.8. The largest absolute Gasteiger partial charge is 0.392 e. The van der Waals surface area contributed by atoms with Crippen molar-refractivity contribution in [3.05, 3.63) is 35.1 Å². The average Bonchev–Trinajstić information content (AvgIpc) is 3.23. The summed E-state index contributed by atoms with van der Waals surface area (Å²) in [6.07, 6.45) is 6.12. The lowest BCUT2D eigenvalue weighted by Crippen LogP contribution is -2.54. The molecule has 7 heteroatoms. The van der Waals surface area contributed by atoms with Crippen molar-refractivity contribution in [1.82, 2.24) is 14.9 Å². The van der Waals surface area contributed by atoms with Gasteiger partial charge in [0, 0.05) is 59.3 Å². The van der Waals surface area contributed by atoms with E-state index in [2.05, 4.69) is 24.9 Å². The first kappa shape index (κ1) is 22.4. The van der Waals surface area contributed by atoms with Crippen molar-refractivity contribution in [3.8, 4) is 10.6 Å². The number of aliphatic hydroxyl groups excluding tert-OH is 1. The molecule has 3 heterocycles. The number of carbonyl (C=O) groups is 1. The number of amides is 1. The van der Waals surface area contributed by atoms with E-state index in [9.17, 15) is 9.90 Å². The number of pyridine rings is 1. The van der Waals surface area contributed by atoms with E-state index >= 15 is 0 Å². The summed E-state index contributed by atoms with van der Waals surface area (Å²) >= 11 is 3.70. The minimum Gasteiger partial charge on any atom is -0.392 e. The quantitative estimate of drug-likeness (QED) is 0.715. The number of aromatic nitrogens is 2. The molecule has 0 radical (unpaired) electrons. The molecule has 2 aliphatic carbocycles. The van der Waals surface area contributed by atoms with Crippen molar-refractivity contribution in [3.63, 3.8) is 0 Å². The minimum atomic E-state index is -0.474. The highest BCUT2D eigenvalue weighted by molar-refractivity contribution is 7.99. The Hall–Kier alpha value is -1.44. The molecular formula is C25H33N3O2S2. The lowest BCUT2D eigenvalue weighted by Gasteiger charge is -2.53. The first-order valence-corrected chi connectivity index (χ1v) is 13.8. The summed E-state index contributed by atoms with van der Waals surface area (Å²) in [5.41, 5.74) is 2.25. The van der Waals surface area contributed by atoms with Gasteiger partial charge in [-0.2, -0.15) is 11.8 Å². The smallest absolute Gasteiger partial charge is 0.225 e. The molecule has 1 amide bonds. The predicted octanol–water partition coefficient (Wildman–Crippen LogP) is 4.47. The third kappa shape index (κ3) is 3.80. The Morgan fingerprint density at radius 3 is 2.84 bits per heavy atom. The van der Waals surface area contributed by atoms with Gasteiger partial charge < -0.3 is 10.0 Å². The van der Waals surface area contributed by atoms with Crippen LogP contribution < -0.4 is 0 Å². The monoisotopic (exact) mass is 471 g/mol. The van der Waals surface area contributed by atoms with Crippen LogP contribution in [0.15, 0.2) is 24.5 Å². The molecule has 1 saturated heterocycles. The Morgan fingerprint density at radius 2 is 2.12 bits per heavy atom. The van der Waals surface area contributed by atoms with Crippen molar-refractivity contribution in [2.45, 2.75) is 52.1 Å². The van der Waals surface area contributed by atoms with E-state index in [1.165, 1.54) is 4.88 Å². The predicted molar refractivity (Wildman–Crippen MR) is 131 cm³/mol. The van der Waals surface area contributed by atoms with Crippen molar-refractivity contribution in [2.24, 2.45) is 23.2 Å². The molecule has 0 spiro atoms. The average molecular weight is 472 g/mol. The molecule has 1 aliphatic heterocycles. The van der Waals surface area contributed by atoms with Gasteiger partial charge in [-0.3, -0.25) is 9.78 Å². The van der Waals surface area contributed by atoms with Crippen LogP contribution in [-0.2, 0) is 11.2 Å². The lowest BCUT2D eigenvalue weighted by molar-refractivity contribution is -0.144. The third-order valence-corrected chi connectivity index (χ3v) is 10.2. The Kier molecular flexibility index (Phi) is 6.10.